The Balaban J connectivity index is 2.41. The fraction of sp³-hybridized carbons (Fsp3) is 0.857. The Kier molecular flexibility index (Phi) is 2.80. The van der Waals surface area contributed by atoms with Crippen LogP contribution in [0.2, 0.25) is 0 Å². The maximum atomic E-state index is 11.7. The van der Waals surface area contributed by atoms with Gasteiger partial charge in [0.25, 0.3) is 0 Å². The Morgan fingerprint density at radius 1 is 1.54 bits per heavy atom. The minimum Gasteiger partial charge on any atom is -0.391 e. The zero-order chi connectivity index (χ0) is 10.1. The molecule has 1 aliphatic heterocycles. The number of hydrogen-bond acceptors (Lipinski definition) is 2. The van der Waals surface area contributed by atoms with Crippen LogP contribution in [0.3, 0.4) is 0 Å². The van der Waals surface area contributed by atoms with E-state index in [-0.39, 0.29) is 13.1 Å². The molecule has 0 saturated carbocycles. The highest BCUT2D eigenvalue weighted by Gasteiger charge is 2.35. The summed E-state index contributed by atoms with van der Waals surface area (Å²) in [6, 6.07) is 0. The van der Waals surface area contributed by atoms with E-state index in [4.69, 9.17) is 5.11 Å². The van der Waals surface area contributed by atoms with Gasteiger partial charge in [-0.3, -0.25) is 4.79 Å². The molecule has 1 saturated heterocycles. The second kappa shape index (κ2) is 3.53. The molecule has 1 amide bonds. The summed E-state index contributed by atoms with van der Waals surface area (Å²) in [4.78, 5) is 11.9. The van der Waals surface area contributed by atoms with Crippen LogP contribution in [0, 0.1) is 0 Å². The van der Waals surface area contributed by atoms with Gasteiger partial charge in [-0.25, -0.2) is 0 Å². The number of rotatable bonds is 1. The first-order valence-electron chi connectivity index (χ1n) is 3.91. The smallest absolute Gasteiger partial charge is 0.391 e. The Bertz CT molecular complexity index is 204. The van der Waals surface area contributed by atoms with Gasteiger partial charge in [-0.05, 0) is 6.42 Å². The van der Waals surface area contributed by atoms with Gasteiger partial charge in [-0.1, -0.05) is 0 Å². The van der Waals surface area contributed by atoms with Crippen molar-refractivity contribution in [2.24, 2.45) is 0 Å². The molecule has 0 bridgehead atoms. The molecular weight excluding hydrogens is 187 g/mol. The normalized spacial score (nSPS) is 23.7. The van der Waals surface area contributed by atoms with Crippen LogP contribution in [0.15, 0.2) is 0 Å². The molecule has 0 unspecified atom stereocenters. The Morgan fingerprint density at radius 3 is 2.54 bits per heavy atom. The third-order valence-electron chi connectivity index (χ3n) is 1.87. The third-order valence-corrected chi connectivity index (χ3v) is 1.87. The maximum Gasteiger partial charge on any atom is 0.397 e. The molecule has 0 radical (unpaired) electrons. The topological polar surface area (TPSA) is 40.5 Å². The first-order chi connectivity index (χ1) is 5.88. The molecule has 0 spiro atoms. The lowest BCUT2D eigenvalue weighted by molar-refractivity contribution is -0.160. The van der Waals surface area contributed by atoms with Gasteiger partial charge < -0.3 is 10.0 Å². The lowest BCUT2D eigenvalue weighted by Crippen LogP contribution is -2.32. The molecular formula is C7H10F3NO2. The minimum absolute atomic E-state index is 0.0227. The van der Waals surface area contributed by atoms with E-state index in [2.05, 4.69) is 0 Å². The van der Waals surface area contributed by atoms with Crippen LogP contribution < -0.4 is 0 Å². The van der Waals surface area contributed by atoms with Crippen molar-refractivity contribution >= 4 is 5.91 Å². The number of alkyl halides is 3. The number of aliphatic hydroxyl groups excluding tert-OH is 1. The lowest BCUT2D eigenvalue weighted by atomic mass is 10.3. The number of amides is 1. The van der Waals surface area contributed by atoms with Crippen molar-refractivity contribution < 1.29 is 23.1 Å². The van der Waals surface area contributed by atoms with Gasteiger partial charge in [-0.15, -0.1) is 0 Å². The van der Waals surface area contributed by atoms with Crippen LogP contribution in [-0.4, -0.2) is 41.3 Å². The monoisotopic (exact) mass is 197 g/mol. The molecule has 6 heteroatoms. The van der Waals surface area contributed by atoms with E-state index in [1.165, 1.54) is 0 Å². The standard InChI is InChI=1S/C7H10F3NO2/c8-7(9,10)3-6(13)11-2-1-5(12)4-11/h5,12H,1-4H2/t5-/m1/s1. The van der Waals surface area contributed by atoms with Gasteiger partial charge >= 0.3 is 6.18 Å². The van der Waals surface area contributed by atoms with Gasteiger partial charge in [0.1, 0.15) is 6.42 Å². The summed E-state index contributed by atoms with van der Waals surface area (Å²) < 4.78 is 35.2. The van der Waals surface area contributed by atoms with Crippen LogP contribution in [0.25, 0.3) is 0 Å². The van der Waals surface area contributed by atoms with E-state index >= 15 is 0 Å². The number of carbonyl (C=O) groups is 1. The summed E-state index contributed by atoms with van der Waals surface area (Å²) in [6.45, 7) is 0.241. The number of aliphatic hydroxyl groups is 1. The Hall–Kier alpha value is -0.780. The number of nitrogens with zero attached hydrogens (tertiary/aromatic N) is 1. The number of hydrogen-bond donors (Lipinski definition) is 1. The van der Waals surface area contributed by atoms with Crippen molar-refractivity contribution in [2.45, 2.75) is 25.1 Å². The number of halogens is 3. The van der Waals surface area contributed by atoms with Crippen molar-refractivity contribution in [3.05, 3.63) is 0 Å². The summed E-state index contributed by atoms with van der Waals surface area (Å²) in [5.41, 5.74) is 0. The van der Waals surface area contributed by atoms with Gasteiger partial charge in [0.2, 0.25) is 5.91 Å². The van der Waals surface area contributed by atoms with E-state index in [0.717, 1.165) is 4.90 Å². The van der Waals surface area contributed by atoms with E-state index in [1.807, 2.05) is 0 Å². The summed E-state index contributed by atoms with van der Waals surface area (Å²) in [5.74, 6) is -0.955. The van der Waals surface area contributed by atoms with Crippen LogP contribution in [0.1, 0.15) is 12.8 Å². The zero-order valence-electron chi connectivity index (χ0n) is 6.84. The highest BCUT2D eigenvalue weighted by atomic mass is 19.4. The SMILES string of the molecule is O=C(CC(F)(F)F)N1CC[C@@H](O)C1. The molecule has 0 aromatic carbocycles. The fourth-order valence-electron chi connectivity index (χ4n) is 1.25. The number of β-amino-alcohol motifs (C(OH)–C–C–N with tert-alkyl or cyclic N) is 1. The fourth-order valence-corrected chi connectivity index (χ4v) is 1.25. The van der Waals surface area contributed by atoms with Crippen LogP contribution >= 0.6 is 0 Å². The molecule has 1 atom stereocenters. The predicted molar refractivity (Wildman–Crippen MR) is 37.9 cm³/mol. The molecule has 1 aliphatic rings. The van der Waals surface area contributed by atoms with Crippen LogP contribution in [0.4, 0.5) is 13.2 Å². The summed E-state index contributed by atoms with van der Waals surface area (Å²) in [5, 5.41) is 8.97. The molecule has 1 heterocycles. The molecule has 1 N–H and O–H groups in total. The lowest BCUT2D eigenvalue weighted by Gasteiger charge is -2.16. The Morgan fingerprint density at radius 2 is 2.15 bits per heavy atom. The molecule has 1 fully saturated rings. The van der Waals surface area contributed by atoms with Gasteiger partial charge in [0, 0.05) is 13.1 Å². The molecule has 13 heavy (non-hydrogen) atoms. The molecule has 76 valence electrons. The molecule has 1 rings (SSSR count). The average molecular weight is 197 g/mol. The summed E-state index contributed by atoms with van der Waals surface area (Å²) in [6.07, 6.45) is -6.19. The van der Waals surface area contributed by atoms with E-state index in [1.54, 1.807) is 0 Å². The van der Waals surface area contributed by atoms with Gasteiger partial charge in [0.15, 0.2) is 0 Å². The highest BCUT2D eigenvalue weighted by molar-refractivity contribution is 5.77. The highest BCUT2D eigenvalue weighted by Crippen LogP contribution is 2.22. The minimum atomic E-state index is -4.45. The number of likely N-dealkylation sites (tertiary alicyclic amines) is 1. The van der Waals surface area contributed by atoms with Crippen molar-refractivity contribution in [1.29, 1.82) is 0 Å². The Labute approximate surface area is 73.1 Å². The van der Waals surface area contributed by atoms with Crippen LogP contribution in [0.5, 0.6) is 0 Å². The van der Waals surface area contributed by atoms with E-state index < -0.39 is 24.6 Å². The van der Waals surface area contributed by atoms with Gasteiger partial charge in [-0.2, -0.15) is 13.2 Å². The van der Waals surface area contributed by atoms with E-state index in [9.17, 15) is 18.0 Å². The number of carbonyl (C=O) groups excluding carboxylic acids is 1. The molecule has 0 aliphatic carbocycles. The quantitative estimate of drug-likeness (QED) is 0.666. The predicted octanol–water partition coefficient (Wildman–Crippen LogP) is 0.532. The largest absolute Gasteiger partial charge is 0.397 e. The van der Waals surface area contributed by atoms with Gasteiger partial charge in [0.05, 0.1) is 6.10 Å². The second-order valence-corrected chi connectivity index (χ2v) is 3.07. The maximum absolute atomic E-state index is 11.7. The summed E-state index contributed by atoms with van der Waals surface area (Å²) >= 11 is 0. The van der Waals surface area contributed by atoms with Crippen molar-refractivity contribution in [1.82, 2.24) is 4.90 Å². The zero-order valence-corrected chi connectivity index (χ0v) is 6.84. The third kappa shape index (κ3) is 3.22. The molecule has 3 nitrogen and oxygen atoms in total. The van der Waals surface area contributed by atoms with Crippen molar-refractivity contribution in [3.8, 4) is 0 Å². The second-order valence-electron chi connectivity index (χ2n) is 3.07. The van der Waals surface area contributed by atoms with E-state index in [0.29, 0.717) is 6.42 Å². The molecule has 0 aromatic heterocycles. The molecule has 0 aromatic rings. The van der Waals surface area contributed by atoms with Crippen molar-refractivity contribution in [3.63, 3.8) is 0 Å². The van der Waals surface area contributed by atoms with Crippen molar-refractivity contribution in [2.75, 3.05) is 13.1 Å². The average Bonchev–Trinajstić information content (AvgIpc) is 2.31. The van der Waals surface area contributed by atoms with Crippen LogP contribution in [-0.2, 0) is 4.79 Å². The first-order valence-corrected chi connectivity index (χ1v) is 3.91. The first kappa shape index (κ1) is 10.3. The summed E-state index contributed by atoms with van der Waals surface area (Å²) in [7, 11) is 0.